The Bertz CT molecular complexity index is 785. The quantitative estimate of drug-likeness (QED) is 0.434. The maximum absolute atomic E-state index is 12.5. The van der Waals surface area contributed by atoms with E-state index in [1.54, 1.807) is 24.3 Å². The number of rotatable bonds is 11. The lowest BCUT2D eigenvalue weighted by molar-refractivity contribution is 0.0698. The molecule has 0 aliphatic heterocycles. The van der Waals surface area contributed by atoms with Crippen molar-refractivity contribution in [2.75, 3.05) is 17.2 Å². The van der Waals surface area contributed by atoms with Gasteiger partial charge in [0.25, 0.3) is 5.91 Å². The van der Waals surface area contributed by atoms with E-state index in [2.05, 4.69) is 17.6 Å². The summed E-state index contributed by atoms with van der Waals surface area (Å²) < 4.78 is 0. The fraction of sp³-hybridized carbons (Fsp3) is 0.391. The molecule has 0 fully saturated rings. The Morgan fingerprint density at radius 2 is 1.61 bits per heavy atom. The van der Waals surface area contributed by atoms with Crippen LogP contribution in [0.4, 0.5) is 11.4 Å². The molecule has 2 rings (SSSR count). The number of anilines is 2. The standard InChI is InChI=1S/C23H30N2O3/c1-3-4-5-6-7-8-15-24-19-12-10-18(11-13-19)22(26)25-21-16-17(2)9-14-20(21)23(27)28/h9-14,16,24H,3-8,15H2,1-2H3,(H,25,26)(H,27,28). The second-order valence-corrected chi connectivity index (χ2v) is 7.08. The zero-order chi connectivity index (χ0) is 20.4. The molecule has 5 nitrogen and oxygen atoms in total. The van der Waals surface area contributed by atoms with E-state index < -0.39 is 5.97 Å². The molecule has 2 aromatic carbocycles. The first-order valence-corrected chi connectivity index (χ1v) is 10.0. The average molecular weight is 383 g/mol. The highest BCUT2D eigenvalue weighted by molar-refractivity contribution is 6.07. The molecule has 0 atom stereocenters. The van der Waals surface area contributed by atoms with Gasteiger partial charge < -0.3 is 15.7 Å². The minimum absolute atomic E-state index is 0.0798. The second-order valence-electron chi connectivity index (χ2n) is 7.08. The summed E-state index contributed by atoms with van der Waals surface area (Å²) in [4.78, 5) is 23.8. The van der Waals surface area contributed by atoms with E-state index in [1.165, 1.54) is 38.2 Å². The molecule has 0 saturated heterocycles. The van der Waals surface area contributed by atoms with Crippen LogP contribution in [0.15, 0.2) is 42.5 Å². The summed E-state index contributed by atoms with van der Waals surface area (Å²) in [5, 5.41) is 15.4. The maximum atomic E-state index is 12.5. The number of carbonyl (C=O) groups is 2. The molecule has 0 unspecified atom stereocenters. The van der Waals surface area contributed by atoms with Gasteiger partial charge in [0, 0.05) is 17.8 Å². The van der Waals surface area contributed by atoms with Gasteiger partial charge in [0.15, 0.2) is 0 Å². The Morgan fingerprint density at radius 3 is 2.29 bits per heavy atom. The topological polar surface area (TPSA) is 78.4 Å². The Hall–Kier alpha value is -2.82. The minimum atomic E-state index is -1.07. The number of carbonyl (C=O) groups excluding carboxylic acids is 1. The van der Waals surface area contributed by atoms with Crippen LogP contribution in [0.1, 0.15) is 71.7 Å². The first-order chi connectivity index (χ1) is 13.5. The van der Waals surface area contributed by atoms with Crippen molar-refractivity contribution in [1.82, 2.24) is 0 Å². The third-order valence-electron chi connectivity index (χ3n) is 4.66. The minimum Gasteiger partial charge on any atom is -0.478 e. The van der Waals surface area contributed by atoms with Gasteiger partial charge >= 0.3 is 5.97 Å². The van der Waals surface area contributed by atoms with Crippen molar-refractivity contribution in [3.8, 4) is 0 Å². The van der Waals surface area contributed by atoms with Crippen molar-refractivity contribution >= 4 is 23.3 Å². The normalized spacial score (nSPS) is 10.5. The molecule has 0 aliphatic carbocycles. The van der Waals surface area contributed by atoms with Crippen LogP contribution in [-0.2, 0) is 0 Å². The van der Waals surface area contributed by atoms with Gasteiger partial charge in [-0.1, -0.05) is 45.1 Å². The van der Waals surface area contributed by atoms with Crippen LogP contribution in [0.2, 0.25) is 0 Å². The Kier molecular flexibility index (Phi) is 8.53. The number of unbranched alkanes of at least 4 members (excludes halogenated alkanes) is 5. The molecule has 150 valence electrons. The SMILES string of the molecule is CCCCCCCCNc1ccc(C(=O)Nc2cc(C)ccc2C(=O)O)cc1. The molecule has 0 spiro atoms. The number of hydrogen-bond acceptors (Lipinski definition) is 3. The van der Waals surface area contributed by atoms with Crippen molar-refractivity contribution in [1.29, 1.82) is 0 Å². The van der Waals surface area contributed by atoms with Gasteiger partial charge in [0.2, 0.25) is 0 Å². The van der Waals surface area contributed by atoms with E-state index >= 15 is 0 Å². The van der Waals surface area contributed by atoms with Crippen molar-refractivity contribution < 1.29 is 14.7 Å². The number of benzene rings is 2. The fourth-order valence-corrected chi connectivity index (χ4v) is 3.02. The van der Waals surface area contributed by atoms with Gasteiger partial charge in [-0.05, 0) is 55.3 Å². The Labute approximate surface area is 167 Å². The molecule has 0 aromatic heterocycles. The lowest BCUT2D eigenvalue weighted by Crippen LogP contribution is -2.15. The number of amides is 1. The van der Waals surface area contributed by atoms with Gasteiger partial charge in [0.05, 0.1) is 11.3 Å². The highest BCUT2D eigenvalue weighted by Gasteiger charge is 2.13. The van der Waals surface area contributed by atoms with Crippen molar-refractivity contribution in [2.24, 2.45) is 0 Å². The monoisotopic (exact) mass is 382 g/mol. The molecular weight excluding hydrogens is 352 g/mol. The van der Waals surface area contributed by atoms with Crippen LogP contribution in [-0.4, -0.2) is 23.5 Å². The van der Waals surface area contributed by atoms with E-state index in [9.17, 15) is 14.7 Å². The number of aryl methyl sites for hydroxylation is 1. The van der Waals surface area contributed by atoms with E-state index in [1.807, 2.05) is 19.1 Å². The molecular formula is C23H30N2O3. The first kappa shape index (κ1) is 21.5. The van der Waals surface area contributed by atoms with Crippen molar-refractivity contribution in [3.63, 3.8) is 0 Å². The van der Waals surface area contributed by atoms with Crippen LogP contribution in [0.3, 0.4) is 0 Å². The summed E-state index contributed by atoms with van der Waals surface area (Å²) in [6.07, 6.45) is 7.54. The third-order valence-corrected chi connectivity index (χ3v) is 4.66. The molecule has 5 heteroatoms. The van der Waals surface area contributed by atoms with Crippen LogP contribution < -0.4 is 10.6 Å². The molecule has 3 N–H and O–H groups in total. The number of aromatic carboxylic acids is 1. The van der Waals surface area contributed by atoms with Gasteiger partial charge in [-0.3, -0.25) is 4.79 Å². The van der Waals surface area contributed by atoms with Crippen LogP contribution in [0.5, 0.6) is 0 Å². The summed E-state index contributed by atoms with van der Waals surface area (Å²) in [6.45, 7) is 4.99. The molecule has 0 bridgehead atoms. The van der Waals surface area contributed by atoms with E-state index in [0.29, 0.717) is 11.3 Å². The largest absolute Gasteiger partial charge is 0.478 e. The predicted molar refractivity (Wildman–Crippen MR) is 114 cm³/mol. The fourth-order valence-electron chi connectivity index (χ4n) is 3.02. The summed E-state index contributed by atoms with van der Waals surface area (Å²) >= 11 is 0. The number of carboxylic acids is 1. The Morgan fingerprint density at radius 1 is 0.929 bits per heavy atom. The highest BCUT2D eigenvalue weighted by Crippen LogP contribution is 2.19. The third kappa shape index (κ3) is 6.72. The first-order valence-electron chi connectivity index (χ1n) is 10.0. The van der Waals surface area contributed by atoms with Crippen molar-refractivity contribution in [2.45, 2.75) is 52.4 Å². The maximum Gasteiger partial charge on any atom is 0.337 e. The summed E-state index contributed by atoms with van der Waals surface area (Å²) in [5.74, 6) is -1.39. The number of hydrogen-bond donors (Lipinski definition) is 3. The molecule has 2 aromatic rings. The molecule has 0 aliphatic rings. The van der Waals surface area contributed by atoms with E-state index in [-0.39, 0.29) is 11.5 Å². The number of nitrogens with one attached hydrogen (secondary N) is 2. The molecule has 0 radical (unpaired) electrons. The van der Waals surface area contributed by atoms with E-state index in [4.69, 9.17) is 0 Å². The average Bonchev–Trinajstić information content (AvgIpc) is 2.67. The van der Waals surface area contributed by atoms with Gasteiger partial charge in [0.1, 0.15) is 0 Å². The Balaban J connectivity index is 1.87. The zero-order valence-electron chi connectivity index (χ0n) is 16.8. The van der Waals surface area contributed by atoms with E-state index in [0.717, 1.165) is 24.2 Å². The predicted octanol–water partition coefficient (Wildman–Crippen LogP) is 5.72. The second kappa shape index (κ2) is 11.1. The molecule has 1 amide bonds. The number of carboxylic acid groups (broad SMARTS) is 1. The van der Waals surface area contributed by atoms with Crippen molar-refractivity contribution in [3.05, 3.63) is 59.2 Å². The summed E-state index contributed by atoms with van der Waals surface area (Å²) in [5.41, 5.74) is 2.74. The van der Waals surface area contributed by atoms with Crippen LogP contribution >= 0.6 is 0 Å². The molecule has 0 saturated carbocycles. The highest BCUT2D eigenvalue weighted by atomic mass is 16.4. The van der Waals surface area contributed by atoms with Crippen LogP contribution in [0, 0.1) is 6.92 Å². The van der Waals surface area contributed by atoms with Gasteiger partial charge in [-0.15, -0.1) is 0 Å². The molecule has 0 heterocycles. The lowest BCUT2D eigenvalue weighted by atomic mass is 10.1. The van der Waals surface area contributed by atoms with Gasteiger partial charge in [-0.2, -0.15) is 0 Å². The van der Waals surface area contributed by atoms with Crippen LogP contribution in [0.25, 0.3) is 0 Å². The summed E-state index contributed by atoms with van der Waals surface area (Å²) in [6, 6.07) is 12.1. The van der Waals surface area contributed by atoms with Gasteiger partial charge in [-0.25, -0.2) is 4.79 Å². The molecule has 28 heavy (non-hydrogen) atoms. The zero-order valence-corrected chi connectivity index (χ0v) is 16.8. The summed E-state index contributed by atoms with van der Waals surface area (Å²) in [7, 11) is 0. The smallest absolute Gasteiger partial charge is 0.337 e. The lowest BCUT2D eigenvalue weighted by Gasteiger charge is -2.11.